The summed E-state index contributed by atoms with van der Waals surface area (Å²) >= 11 is 5.88. The van der Waals surface area contributed by atoms with Crippen molar-refractivity contribution in [3.05, 3.63) is 53.1 Å². The minimum atomic E-state index is -1.46. The third-order valence-corrected chi connectivity index (χ3v) is 4.43. The molecule has 2 aromatic carbocycles. The molecule has 0 aliphatic heterocycles. The molecule has 1 atom stereocenters. The summed E-state index contributed by atoms with van der Waals surface area (Å²) in [5.74, 6) is -0.444. The van der Waals surface area contributed by atoms with Crippen molar-refractivity contribution in [3.63, 3.8) is 0 Å². The van der Waals surface area contributed by atoms with Crippen molar-refractivity contribution >= 4 is 39.7 Å². The Balaban J connectivity index is 2.02. The lowest BCUT2D eigenvalue weighted by Gasteiger charge is -2.07. The summed E-state index contributed by atoms with van der Waals surface area (Å²) in [6, 6.07) is 12.1. The number of halogens is 1. The normalized spacial score (nSPS) is 11.9. The van der Waals surface area contributed by atoms with Crippen LogP contribution in [0.3, 0.4) is 0 Å². The van der Waals surface area contributed by atoms with Crippen molar-refractivity contribution in [3.8, 4) is 0 Å². The molecule has 0 aliphatic rings. The average molecular weight is 323 g/mol. The zero-order chi connectivity index (χ0) is 15.4. The molecular weight excluding hydrogens is 308 g/mol. The topological polar surface area (TPSA) is 72.2 Å². The number of nitrogens with one attached hydrogen (secondary N) is 1. The Labute approximate surface area is 130 Å². The average Bonchev–Trinajstić information content (AvgIpc) is 2.41. The predicted molar refractivity (Wildman–Crippen MR) is 86.9 cm³/mol. The Morgan fingerprint density at radius 3 is 2.71 bits per heavy atom. The van der Waals surface area contributed by atoms with E-state index in [1.165, 1.54) is 6.07 Å². The number of hydrogen-bond donors (Lipinski definition) is 2. The molecule has 3 N–H and O–H groups in total. The molecule has 6 heteroatoms. The van der Waals surface area contributed by atoms with E-state index in [9.17, 15) is 9.00 Å². The van der Waals surface area contributed by atoms with E-state index in [2.05, 4.69) is 5.32 Å². The quantitative estimate of drug-likeness (QED) is 0.850. The zero-order valence-corrected chi connectivity index (χ0v) is 13.0. The van der Waals surface area contributed by atoms with Crippen LogP contribution in [0.2, 0.25) is 5.02 Å². The number of nitrogen functional groups attached to an aromatic ring is 1. The second-order valence-corrected chi connectivity index (χ2v) is 6.45. The van der Waals surface area contributed by atoms with Crippen LogP contribution >= 0.6 is 11.6 Å². The second-order valence-electron chi connectivity index (χ2n) is 4.59. The molecule has 0 saturated heterocycles. The molecule has 1 amide bonds. The fourth-order valence-corrected chi connectivity index (χ4v) is 2.96. The SMILES string of the molecule is Cc1cccc(NC(=O)CS(=O)c2ccc(N)c(Cl)c2)c1. The van der Waals surface area contributed by atoms with Gasteiger partial charge in [-0.1, -0.05) is 23.7 Å². The van der Waals surface area contributed by atoms with Gasteiger partial charge < -0.3 is 11.1 Å². The van der Waals surface area contributed by atoms with Gasteiger partial charge in [-0.25, -0.2) is 0 Å². The molecule has 2 aromatic rings. The van der Waals surface area contributed by atoms with E-state index < -0.39 is 10.8 Å². The standard InChI is InChI=1S/C15H15ClN2O2S/c1-10-3-2-4-11(7-10)18-15(19)9-21(20)12-5-6-14(17)13(16)8-12/h2-8H,9,17H2,1H3,(H,18,19). The maximum atomic E-state index is 12.1. The van der Waals surface area contributed by atoms with Crippen LogP contribution in [0.1, 0.15) is 5.56 Å². The fraction of sp³-hybridized carbons (Fsp3) is 0.133. The van der Waals surface area contributed by atoms with Crippen LogP contribution in [0, 0.1) is 6.92 Å². The van der Waals surface area contributed by atoms with Crippen molar-refractivity contribution in [2.24, 2.45) is 0 Å². The molecule has 0 radical (unpaired) electrons. The van der Waals surface area contributed by atoms with Gasteiger partial charge in [0, 0.05) is 10.6 Å². The van der Waals surface area contributed by atoms with Gasteiger partial charge in [0.1, 0.15) is 5.75 Å². The Morgan fingerprint density at radius 1 is 1.29 bits per heavy atom. The minimum Gasteiger partial charge on any atom is -0.398 e. The minimum absolute atomic E-state index is 0.131. The van der Waals surface area contributed by atoms with Gasteiger partial charge in [-0.15, -0.1) is 0 Å². The molecule has 2 rings (SSSR count). The summed E-state index contributed by atoms with van der Waals surface area (Å²) in [6.07, 6.45) is 0. The summed E-state index contributed by atoms with van der Waals surface area (Å²) in [4.78, 5) is 12.4. The van der Waals surface area contributed by atoms with Gasteiger partial charge in [0.05, 0.1) is 21.5 Å². The Bertz CT molecular complexity index is 704. The number of amides is 1. The van der Waals surface area contributed by atoms with Gasteiger partial charge >= 0.3 is 0 Å². The molecule has 0 fully saturated rings. The van der Waals surface area contributed by atoms with Gasteiger partial charge in [-0.05, 0) is 42.8 Å². The van der Waals surface area contributed by atoms with Crippen LogP contribution in [-0.4, -0.2) is 15.9 Å². The number of hydrogen-bond acceptors (Lipinski definition) is 3. The fourth-order valence-electron chi connectivity index (χ4n) is 1.77. The highest BCUT2D eigenvalue weighted by Crippen LogP contribution is 2.21. The summed E-state index contributed by atoms with van der Waals surface area (Å²) in [6.45, 7) is 1.93. The molecule has 0 aliphatic carbocycles. The van der Waals surface area contributed by atoms with Crippen LogP contribution < -0.4 is 11.1 Å². The van der Waals surface area contributed by atoms with Crippen molar-refractivity contribution in [2.45, 2.75) is 11.8 Å². The van der Waals surface area contributed by atoms with E-state index in [0.29, 0.717) is 21.3 Å². The van der Waals surface area contributed by atoms with Crippen molar-refractivity contribution in [1.82, 2.24) is 0 Å². The van der Waals surface area contributed by atoms with Crippen molar-refractivity contribution < 1.29 is 9.00 Å². The largest absolute Gasteiger partial charge is 0.398 e. The van der Waals surface area contributed by atoms with Crippen LogP contribution in [0.5, 0.6) is 0 Å². The molecule has 0 heterocycles. The number of nitrogens with two attached hydrogens (primary N) is 1. The lowest BCUT2D eigenvalue weighted by molar-refractivity contribution is -0.113. The summed E-state index contributed by atoms with van der Waals surface area (Å²) in [5.41, 5.74) is 7.74. The molecule has 4 nitrogen and oxygen atoms in total. The van der Waals surface area contributed by atoms with Gasteiger partial charge in [0.2, 0.25) is 5.91 Å². The first-order valence-electron chi connectivity index (χ1n) is 6.25. The Kier molecular flexibility index (Phi) is 4.98. The highest BCUT2D eigenvalue weighted by molar-refractivity contribution is 7.85. The van der Waals surface area contributed by atoms with Gasteiger partial charge in [-0.3, -0.25) is 9.00 Å². The van der Waals surface area contributed by atoms with Crippen molar-refractivity contribution in [2.75, 3.05) is 16.8 Å². The molecule has 0 saturated carbocycles. The summed E-state index contributed by atoms with van der Waals surface area (Å²) in [7, 11) is -1.46. The number of benzene rings is 2. The van der Waals surface area contributed by atoms with Crippen molar-refractivity contribution in [1.29, 1.82) is 0 Å². The van der Waals surface area contributed by atoms with Crippen LogP contribution in [-0.2, 0) is 15.6 Å². The third kappa shape index (κ3) is 4.31. The third-order valence-electron chi connectivity index (χ3n) is 2.80. The maximum absolute atomic E-state index is 12.1. The maximum Gasteiger partial charge on any atom is 0.237 e. The zero-order valence-electron chi connectivity index (χ0n) is 11.4. The monoisotopic (exact) mass is 322 g/mol. The highest BCUT2D eigenvalue weighted by atomic mass is 35.5. The molecule has 1 unspecified atom stereocenters. The number of aryl methyl sites for hydroxylation is 1. The van der Waals surface area contributed by atoms with E-state index in [0.717, 1.165) is 5.56 Å². The highest BCUT2D eigenvalue weighted by Gasteiger charge is 2.12. The van der Waals surface area contributed by atoms with E-state index in [-0.39, 0.29) is 11.7 Å². The molecule has 0 spiro atoms. The summed E-state index contributed by atoms with van der Waals surface area (Å²) < 4.78 is 12.1. The first-order chi connectivity index (χ1) is 9.95. The Morgan fingerprint density at radius 2 is 2.05 bits per heavy atom. The lowest BCUT2D eigenvalue weighted by Crippen LogP contribution is -2.19. The number of anilines is 2. The molecule has 110 valence electrons. The van der Waals surface area contributed by atoms with E-state index in [1.54, 1.807) is 18.2 Å². The van der Waals surface area contributed by atoms with Gasteiger partial charge in [-0.2, -0.15) is 0 Å². The predicted octanol–water partition coefficient (Wildman–Crippen LogP) is 2.98. The van der Waals surface area contributed by atoms with Crippen LogP contribution in [0.15, 0.2) is 47.4 Å². The van der Waals surface area contributed by atoms with Crippen LogP contribution in [0.4, 0.5) is 11.4 Å². The first kappa shape index (κ1) is 15.5. The molecule has 0 aromatic heterocycles. The number of carbonyl (C=O) groups excluding carboxylic acids is 1. The Hall–Kier alpha value is -1.85. The lowest BCUT2D eigenvalue weighted by atomic mass is 10.2. The number of rotatable bonds is 4. The molecular formula is C15H15ClN2O2S. The molecule has 21 heavy (non-hydrogen) atoms. The van der Waals surface area contributed by atoms with Crippen LogP contribution in [0.25, 0.3) is 0 Å². The van der Waals surface area contributed by atoms with E-state index >= 15 is 0 Å². The first-order valence-corrected chi connectivity index (χ1v) is 7.95. The molecule has 0 bridgehead atoms. The van der Waals surface area contributed by atoms with Gasteiger partial charge in [0.15, 0.2) is 0 Å². The smallest absolute Gasteiger partial charge is 0.237 e. The summed E-state index contributed by atoms with van der Waals surface area (Å²) in [5, 5.41) is 3.05. The van der Waals surface area contributed by atoms with Gasteiger partial charge in [0.25, 0.3) is 0 Å². The van der Waals surface area contributed by atoms with E-state index in [1.807, 2.05) is 25.1 Å². The van der Waals surface area contributed by atoms with E-state index in [4.69, 9.17) is 17.3 Å². The number of carbonyl (C=O) groups is 1. The second kappa shape index (κ2) is 6.74.